The van der Waals surface area contributed by atoms with E-state index in [9.17, 15) is 14.0 Å². The number of carbonyl (C=O) groups excluding carboxylic acids is 1. The molecule has 0 amide bonds. The van der Waals surface area contributed by atoms with Crippen LogP contribution in [-0.4, -0.2) is 17.1 Å². The van der Waals surface area contributed by atoms with Gasteiger partial charge in [-0.15, -0.1) is 0 Å². The van der Waals surface area contributed by atoms with Gasteiger partial charge in [-0.1, -0.05) is 35.1 Å². The van der Waals surface area contributed by atoms with Gasteiger partial charge in [0.2, 0.25) is 0 Å². The molecule has 1 atom stereocenters. The van der Waals surface area contributed by atoms with Crippen LogP contribution in [0.25, 0.3) is 17.4 Å². The highest BCUT2D eigenvalue weighted by Gasteiger charge is 2.33. The molecule has 9 heteroatoms. The molecule has 4 aromatic rings. The lowest BCUT2D eigenvalue weighted by atomic mass is 9.96. The Bertz CT molecular complexity index is 1660. The minimum atomic E-state index is -0.717. The first kappa shape index (κ1) is 24.0. The molecule has 0 radical (unpaired) electrons. The van der Waals surface area contributed by atoms with Gasteiger partial charge < -0.3 is 9.15 Å². The molecular formula is C27H20ClFN2O4S. The lowest BCUT2D eigenvalue weighted by Gasteiger charge is -2.24. The number of hydrogen-bond acceptors (Lipinski definition) is 6. The molecule has 182 valence electrons. The van der Waals surface area contributed by atoms with Crippen LogP contribution in [0.15, 0.2) is 86.1 Å². The topological polar surface area (TPSA) is 73.8 Å². The van der Waals surface area contributed by atoms with Gasteiger partial charge in [0.25, 0.3) is 5.56 Å². The van der Waals surface area contributed by atoms with Crippen LogP contribution in [0.1, 0.15) is 31.2 Å². The van der Waals surface area contributed by atoms with Crippen molar-refractivity contribution in [2.24, 2.45) is 4.99 Å². The van der Waals surface area contributed by atoms with Crippen molar-refractivity contribution in [3.63, 3.8) is 0 Å². The van der Waals surface area contributed by atoms with Crippen LogP contribution >= 0.6 is 22.9 Å². The van der Waals surface area contributed by atoms with Crippen LogP contribution in [-0.2, 0) is 9.53 Å². The number of hydrogen-bond donors (Lipinski definition) is 0. The predicted octanol–water partition coefficient (Wildman–Crippen LogP) is 4.85. The Hall–Kier alpha value is -3.75. The maximum atomic E-state index is 13.6. The largest absolute Gasteiger partial charge is 0.463 e. The molecule has 0 bridgehead atoms. The van der Waals surface area contributed by atoms with Crippen molar-refractivity contribution in [2.75, 3.05) is 6.61 Å². The Kier molecular flexibility index (Phi) is 6.47. The third-order valence-corrected chi connectivity index (χ3v) is 6.97. The minimum Gasteiger partial charge on any atom is -0.463 e. The lowest BCUT2D eigenvalue weighted by Crippen LogP contribution is -2.39. The summed E-state index contributed by atoms with van der Waals surface area (Å²) >= 11 is 7.29. The maximum Gasteiger partial charge on any atom is 0.338 e. The zero-order valence-electron chi connectivity index (χ0n) is 19.3. The molecule has 2 aromatic carbocycles. The van der Waals surface area contributed by atoms with Crippen LogP contribution in [0.4, 0.5) is 4.39 Å². The van der Waals surface area contributed by atoms with Crippen molar-refractivity contribution in [1.29, 1.82) is 0 Å². The maximum absolute atomic E-state index is 13.6. The normalized spacial score (nSPS) is 15.6. The van der Waals surface area contributed by atoms with E-state index in [1.165, 1.54) is 28.0 Å². The molecule has 0 spiro atoms. The highest BCUT2D eigenvalue weighted by atomic mass is 35.5. The van der Waals surface area contributed by atoms with E-state index >= 15 is 0 Å². The number of thiazole rings is 1. The molecule has 1 unspecified atom stereocenters. The third kappa shape index (κ3) is 4.45. The van der Waals surface area contributed by atoms with E-state index in [-0.39, 0.29) is 18.0 Å². The number of allylic oxidation sites excluding steroid dienone is 1. The van der Waals surface area contributed by atoms with E-state index < -0.39 is 12.0 Å². The third-order valence-electron chi connectivity index (χ3n) is 5.73. The molecule has 0 N–H and O–H groups in total. The van der Waals surface area contributed by atoms with Gasteiger partial charge in [-0.05, 0) is 67.9 Å². The van der Waals surface area contributed by atoms with E-state index in [4.69, 9.17) is 20.8 Å². The van der Waals surface area contributed by atoms with Crippen molar-refractivity contribution in [1.82, 2.24) is 4.57 Å². The van der Waals surface area contributed by atoms with Gasteiger partial charge in [0.05, 0.1) is 28.5 Å². The lowest BCUT2D eigenvalue weighted by molar-refractivity contribution is -0.139. The number of fused-ring (bicyclic) bond motifs is 1. The summed E-state index contributed by atoms with van der Waals surface area (Å²) in [5, 5.41) is 0.541. The van der Waals surface area contributed by atoms with Gasteiger partial charge in [0.15, 0.2) is 4.80 Å². The first-order chi connectivity index (χ1) is 17.4. The number of benzene rings is 2. The second kappa shape index (κ2) is 9.72. The van der Waals surface area contributed by atoms with Crippen molar-refractivity contribution in [3.8, 4) is 11.3 Å². The summed E-state index contributed by atoms with van der Waals surface area (Å²) in [4.78, 5) is 31.5. The average molecular weight is 523 g/mol. The second-order valence-corrected chi connectivity index (χ2v) is 9.51. The van der Waals surface area contributed by atoms with E-state index in [0.717, 1.165) is 5.56 Å². The minimum absolute atomic E-state index is 0.197. The van der Waals surface area contributed by atoms with Gasteiger partial charge in [0.1, 0.15) is 17.3 Å². The molecule has 0 aliphatic carbocycles. The van der Waals surface area contributed by atoms with Crippen molar-refractivity contribution >= 4 is 35.0 Å². The summed E-state index contributed by atoms with van der Waals surface area (Å²) in [6.45, 7) is 3.65. The number of halogens is 2. The molecular weight excluding hydrogens is 503 g/mol. The van der Waals surface area contributed by atoms with Crippen LogP contribution in [0.3, 0.4) is 0 Å². The van der Waals surface area contributed by atoms with E-state index in [2.05, 4.69) is 4.99 Å². The van der Waals surface area contributed by atoms with E-state index in [1.807, 2.05) is 0 Å². The van der Waals surface area contributed by atoms with Gasteiger partial charge in [-0.25, -0.2) is 14.2 Å². The molecule has 6 nitrogen and oxygen atoms in total. The summed E-state index contributed by atoms with van der Waals surface area (Å²) in [6.07, 6.45) is 1.64. The van der Waals surface area contributed by atoms with Crippen LogP contribution in [0, 0.1) is 5.82 Å². The van der Waals surface area contributed by atoms with Crippen molar-refractivity contribution < 1.29 is 18.3 Å². The summed E-state index contributed by atoms with van der Waals surface area (Å²) in [7, 11) is 0. The zero-order valence-corrected chi connectivity index (χ0v) is 20.9. The number of aromatic nitrogens is 1. The number of esters is 1. The summed E-state index contributed by atoms with van der Waals surface area (Å²) < 4.78 is 26.3. The fourth-order valence-electron chi connectivity index (χ4n) is 4.08. The fourth-order valence-corrected chi connectivity index (χ4v) is 5.23. The number of carbonyl (C=O) groups is 1. The van der Waals surface area contributed by atoms with Crippen LogP contribution in [0.2, 0.25) is 5.02 Å². The predicted molar refractivity (Wildman–Crippen MR) is 136 cm³/mol. The Morgan fingerprint density at radius 3 is 2.58 bits per heavy atom. The van der Waals surface area contributed by atoms with E-state index in [1.54, 1.807) is 68.5 Å². The first-order valence-electron chi connectivity index (χ1n) is 11.2. The second-order valence-electron chi connectivity index (χ2n) is 8.06. The molecule has 2 aromatic heterocycles. The smallest absolute Gasteiger partial charge is 0.338 e. The fraction of sp³-hybridized carbons (Fsp3) is 0.148. The number of nitrogens with zero attached hydrogens (tertiary/aromatic N) is 2. The van der Waals surface area contributed by atoms with Crippen molar-refractivity contribution in [2.45, 2.75) is 19.9 Å². The quantitative estimate of drug-likeness (QED) is 0.351. The monoisotopic (exact) mass is 522 g/mol. The van der Waals surface area contributed by atoms with Gasteiger partial charge in [-0.3, -0.25) is 9.36 Å². The molecule has 0 saturated carbocycles. The van der Waals surface area contributed by atoms with Crippen LogP contribution < -0.4 is 14.9 Å². The molecule has 0 saturated heterocycles. The van der Waals surface area contributed by atoms with Crippen molar-refractivity contribution in [3.05, 3.63) is 114 Å². The SMILES string of the molecule is CCOC(=O)C1=C(C)N=c2sc(=Cc3ccc(-c4ccc(F)cc4)o3)c(=O)n2C1c1ccc(Cl)cc1. The molecule has 3 heterocycles. The molecule has 5 rings (SSSR count). The number of ether oxygens (including phenoxy) is 1. The molecule has 36 heavy (non-hydrogen) atoms. The summed E-state index contributed by atoms with van der Waals surface area (Å²) in [6, 6.07) is 15.7. The Morgan fingerprint density at radius 1 is 1.17 bits per heavy atom. The van der Waals surface area contributed by atoms with E-state index in [0.29, 0.717) is 42.7 Å². The summed E-state index contributed by atoms with van der Waals surface area (Å²) in [5.74, 6) is 0.153. The highest BCUT2D eigenvalue weighted by Crippen LogP contribution is 2.31. The Morgan fingerprint density at radius 2 is 1.89 bits per heavy atom. The summed E-state index contributed by atoms with van der Waals surface area (Å²) in [5.41, 5.74) is 1.90. The number of furan rings is 1. The molecule has 1 aliphatic heterocycles. The Balaban J connectivity index is 1.63. The standard InChI is InChI=1S/C27H20ClFN2O4S/c1-3-34-26(33)23-15(2)30-27-31(24(23)17-4-8-18(28)9-5-17)25(32)22(36-27)14-20-12-13-21(35-20)16-6-10-19(29)11-7-16/h4-14,24H,3H2,1-2H3. The Labute approximate surface area is 214 Å². The first-order valence-corrected chi connectivity index (χ1v) is 12.4. The van der Waals surface area contributed by atoms with Gasteiger partial charge in [0, 0.05) is 16.7 Å². The average Bonchev–Trinajstić information content (AvgIpc) is 3.44. The number of rotatable bonds is 5. The van der Waals surface area contributed by atoms with Crippen LogP contribution in [0.5, 0.6) is 0 Å². The van der Waals surface area contributed by atoms with Gasteiger partial charge >= 0.3 is 5.97 Å². The molecule has 1 aliphatic rings. The highest BCUT2D eigenvalue weighted by molar-refractivity contribution is 7.07. The molecule has 0 fully saturated rings. The van der Waals surface area contributed by atoms with Gasteiger partial charge in [-0.2, -0.15) is 0 Å². The zero-order chi connectivity index (χ0) is 25.4.